The van der Waals surface area contributed by atoms with Gasteiger partial charge in [0.15, 0.2) is 0 Å². The van der Waals surface area contributed by atoms with Crippen LogP contribution in [0.5, 0.6) is 0 Å². The number of carbonyl (C=O) groups excluding carboxylic acids is 1. The normalized spacial score (nSPS) is 12.6. The number of rotatable bonds is 6. The number of amides is 1. The Morgan fingerprint density at radius 2 is 1.82 bits per heavy atom. The fourth-order valence-corrected chi connectivity index (χ4v) is 0.858. The van der Waals surface area contributed by atoms with Crippen molar-refractivity contribution >= 4 is 5.91 Å². The Balaban J connectivity index is 3.47. The van der Waals surface area contributed by atoms with Crippen molar-refractivity contribution in [2.24, 2.45) is 0 Å². The molecule has 102 valence electrons. The molecule has 0 aliphatic carbocycles. The largest absolute Gasteiger partial charge is 0.411 e. The van der Waals surface area contributed by atoms with E-state index in [1.807, 2.05) is 20.8 Å². The summed E-state index contributed by atoms with van der Waals surface area (Å²) in [7, 11) is 0. The van der Waals surface area contributed by atoms with Gasteiger partial charge in [-0.05, 0) is 20.8 Å². The van der Waals surface area contributed by atoms with Crippen molar-refractivity contribution in [1.29, 1.82) is 0 Å². The zero-order chi connectivity index (χ0) is 13.5. The van der Waals surface area contributed by atoms with Crippen LogP contribution in [0.25, 0.3) is 0 Å². The van der Waals surface area contributed by atoms with Gasteiger partial charge < -0.3 is 15.4 Å². The van der Waals surface area contributed by atoms with Crippen LogP contribution in [0.1, 0.15) is 20.8 Å². The Morgan fingerprint density at radius 3 is 2.29 bits per heavy atom. The standard InChI is InChI=1S/C10H19F3N2O2/c1-9(2,3)15-6-8(16)14-4-5-17-7-10(11,12)13/h15H,4-7H2,1-3H3,(H,14,16). The molecule has 0 saturated heterocycles. The first-order chi connectivity index (χ1) is 7.60. The van der Waals surface area contributed by atoms with Crippen LogP contribution in [0.15, 0.2) is 0 Å². The lowest BCUT2D eigenvalue weighted by molar-refractivity contribution is -0.173. The summed E-state index contributed by atoms with van der Waals surface area (Å²) < 4.78 is 39.3. The molecule has 0 aliphatic heterocycles. The molecule has 0 aromatic rings. The highest BCUT2D eigenvalue weighted by molar-refractivity contribution is 5.78. The van der Waals surface area contributed by atoms with E-state index in [2.05, 4.69) is 15.4 Å². The average Bonchev–Trinajstić information content (AvgIpc) is 2.11. The average molecular weight is 256 g/mol. The van der Waals surface area contributed by atoms with E-state index < -0.39 is 12.8 Å². The summed E-state index contributed by atoms with van der Waals surface area (Å²) in [5.74, 6) is -0.268. The van der Waals surface area contributed by atoms with Gasteiger partial charge in [-0.25, -0.2) is 0 Å². The van der Waals surface area contributed by atoms with Crippen LogP contribution in [-0.2, 0) is 9.53 Å². The molecule has 0 rings (SSSR count). The van der Waals surface area contributed by atoms with E-state index in [-0.39, 0.29) is 31.1 Å². The predicted octanol–water partition coefficient (Wildman–Crippen LogP) is 1.07. The maximum atomic E-state index is 11.7. The molecule has 7 heteroatoms. The van der Waals surface area contributed by atoms with E-state index in [0.29, 0.717) is 0 Å². The first kappa shape index (κ1) is 16.2. The number of nitrogens with one attached hydrogen (secondary N) is 2. The molecule has 0 spiro atoms. The third-order valence-electron chi connectivity index (χ3n) is 1.61. The van der Waals surface area contributed by atoms with Crippen molar-refractivity contribution in [3.05, 3.63) is 0 Å². The van der Waals surface area contributed by atoms with Gasteiger partial charge in [-0.3, -0.25) is 4.79 Å². The Labute approximate surface area is 98.9 Å². The molecule has 1 amide bonds. The van der Waals surface area contributed by atoms with Gasteiger partial charge in [-0.2, -0.15) is 13.2 Å². The van der Waals surface area contributed by atoms with Crippen LogP contribution >= 0.6 is 0 Å². The van der Waals surface area contributed by atoms with Crippen molar-refractivity contribution in [3.63, 3.8) is 0 Å². The van der Waals surface area contributed by atoms with Crippen LogP contribution in [0.2, 0.25) is 0 Å². The van der Waals surface area contributed by atoms with Gasteiger partial charge in [0.05, 0.1) is 13.2 Å². The van der Waals surface area contributed by atoms with Gasteiger partial charge in [-0.15, -0.1) is 0 Å². The highest BCUT2D eigenvalue weighted by atomic mass is 19.4. The van der Waals surface area contributed by atoms with Crippen molar-refractivity contribution in [2.75, 3.05) is 26.3 Å². The molecular formula is C10H19F3N2O2. The second-order valence-corrected chi connectivity index (χ2v) is 4.62. The van der Waals surface area contributed by atoms with E-state index in [4.69, 9.17) is 0 Å². The molecule has 0 saturated carbocycles. The lowest BCUT2D eigenvalue weighted by Gasteiger charge is -2.20. The molecule has 0 aromatic heterocycles. The van der Waals surface area contributed by atoms with Crippen molar-refractivity contribution in [1.82, 2.24) is 10.6 Å². The molecule has 0 aromatic carbocycles. The Hall–Kier alpha value is -0.820. The van der Waals surface area contributed by atoms with E-state index in [1.165, 1.54) is 0 Å². The van der Waals surface area contributed by atoms with E-state index in [1.54, 1.807) is 0 Å². The molecule has 0 atom stereocenters. The zero-order valence-corrected chi connectivity index (χ0v) is 10.3. The summed E-state index contributed by atoms with van der Waals surface area (Å²) in [6.45, 7) is 4.49. The lowest BCUT2D eigenvalue weighted by Crippen LogP contribution is -2.43. The third kappa shape index (κ3) is 13.1. The molecule has 2 N–H and O–H groups in total. The molecule has 17 heavy (non-hydrogen) atoms. The van der Waals surface area contributed by atoms with Crippen LogP contribution in [0.3, 0.4) is 0 Å². The van der Waals surface area contributed by atoms with Gasteiger partial charge in [0.2, 0.25) is 5.91 Å². The summed E-state index contributed by atoms with van der Waals surface area (Å²) in [6, 6.07) is 0. The van der Waals surface area contributed by atoms with Gasteiger partial charge in [0, 0.05) is 12.1 Å². The van der Waals surface area contributed by atoms with Gasteiger partial charge in [-0.1, -0.05) is 0 Å². The molecule has 0 unspecified atom stereocenters. The fourth-order valence-electron chi connectivity index (χ4n) is 0.858. The van der Waals surface area contributed by atoms with Crippen molar-refractivity contribution in [3.8, 4) is 0 Å². The second kappa shape index (κ2) is 6.80. The number of ether oxygens (including phenoxy) is 1. The molecule has 4 nitrogen and oxygen atoms in total. The summed E-state index contributed by atoms with van der Waals surface area (Å²) in [5.41, 5.74) is -0.176. The lowest BCUT2D eigenvalue weighted by atomic mass is 10.1. The minimum absolute atomic E-state index is 0.0702. The molecular weight excluding hydrogens is 237 g/mol. The first-order valence-electron chi connectivity index (χ1n) is 5.26. The van der Waals surface area contributed by atoms with Gasteiger partial charge in [0.1, 0.15) is 6.61 Å². The number of carbonyl (C=O) groups is 1. The summed E-state index contributed by atoms with van der Waals surface area (Å²) >= 11 is 0. The summed E-state index contributed by atoms with van der Waals surface area (Å²) in [6.07, 6.45) is -4.32. The van der Waals surface area contributed by atoms with Crippen molar-refractivity contribution < 1.29 is 22.7 Å². The van der Waals surface area contributed by atoms with E-state index in [0.717, 1.165) is 0 Å². The maximum absolute atomic E-state index is 11.7. The number of hydrogen-bond acceptors (Lipinski definition) is 3. The predicted molar refractivity (Wildman–Crippen MR) is 57.6 cm³/mol. The molecule has 0 fully saturated rings. The Kier molecular flexibility index (Phi) is 6.48. The maximum Gasteiger partial charge on any atom is 0.411 e. The van der Waals surface area contributed by atoms with E-state index >= 15 is 0 Å². The van der Waals surface area contributed by atoms with E-state index in [9.17, 15) is 18.0 Å². The minimum atomic E-state index is -4.32. The Morgan fingerprint density at radius 1 is 1.24 bits per heavy atom. The highest BCUT2D eigenvalue weighted by Gasteiger charge is 2.27. The van der Waals surface area contributed by atoms with Crippen LogP contribution in [-0.4, -0.2) is 43.9 Å². The van der Waals surface area contributed by atoms with Crippen LogP contribution in [0.4, 0.5) is 13.2 Å². The SMILES string of the molecule is CC(C)(C)NCC(=O)NCCOCC(F)(F)F. The second-order valence-electron chi connectivity index (χ2n) is 4.62. The molecule has 0 aliphatic rings. The fraction of sp³-hybridized carbons (Fsp3) is 0.900. The molecule has 0 bridgehead atoms. The molecule has 0 heterocycles. The van der Waals surface area contributed by atoms with Gasteiger partial charge >= 0.3 is 6.18 Å². The van der Waals surface area contributed by atoms with Crippen LogP contribution in [0, 0.1) is 0 Å². The zero-order valence-electron chi connectivity index (χ0n) is 10.3. The highest BCUT2D eigenvalue weighted by Crippen LogP contribution is 2.13. The number of halogens is 3. The monoisotopic (exact) mass is 256 g/mol. The third-order valence-corrected chi connectivity index (χ3v) is 1.61. The smallest absolute Gasteiger partial charge is 0.370 e. The number of alkyl halides is 3. The van der Waals surface area contributed by atoms with Crippen LogP contribution < -0.4 is 10.6 Å². The Bertz CT molecular complexity index is 237. The van der Waals surface area contributed by atoms with Gasteiger partial charge in [0.25, 0.3) is 0 Å². The van der Waals surface area contributed by atoms with Crippen molar-refractivity contribution in [2.45, 2.75) is 32.5 Å². The number of hydrogen-bond donors (Lipinski definition) is 2. The minimum Gasteiger partial charge on any atom is -0.370 e. The molecule has 0 radical (unpaired) electrons. The summed E-state index contributed by atoms with van der Waals surface area (Å²) in [5, 5.41) is 5.40. The quantitative estimate of drug-likeness (QED) is 0.699. The first-order valence-corrected chi connectivity index (χ1v) is 5.26. The summed E-state index contributed by atoms with van der Waals surface area (Å²) in [4.78, 5) is 11.2. The topological polar surface area (TPSA) is 50.4 Å².